The van der Waals surface area contributed by atoms with Gasteiger partial charge in [0.1, 0.15) is 5.84 Å². The fourth-order valence-corrected chi connectivity index (χ4v) is 1.57. The molecule has 1 aliphatic carbocycles. The molecular formula is C7H10N2OS. The molecule has 0 aromatic carbocycles. The third-order valence-corrected chi connectivity index (χ3v) is 2.61. The van der Waals surface area contributed by atoms with E-state index in [1.165, 1.54) is 24.6 Å². The van der Waals surface area contributed by atoms with Crippen molar-refractivity contribution in [3.63, 3.8) is 0 Å². The van der Waals surface area contributed by atoms with Crippen LogP contribution in [-0.4, -0.2) is 23.4 Å². The molecule has 1 N–H and O–H groups in total. The van der Waals surface area contributed by atoms with Crippen LogP contribution in [-0.2, 0) is 0 Å². The van der Waals surface area contributed by atoms with E-state index in [-0.39, 0.29) is 5.24 Å². The van der Waals surface area contributed by atoms with E-state index in [1.54, 1.807) is 0 Å². The number of carbonyl (C=O) groups excluding carboxylic acids is 1. The van der Waals surface area contributed by atoms with Crippen LogP contribution < -0.4 is 5.32 Å². The highest BCUT2D eigenvalue weighted by molar-refractivity contribution is 8.14. The van der Waals surface area contributed by atoms with E-state index in [1.807, 2.05) is 0 Å². The molecule has 4 heteroatoms. The minimum Gasteiger partial charge on any atom is -0.305 e. The smallest absolute Gasteiger partial charge is 0.284 e. The summed E-state index contributed by atoms with van der Waals surface area (Å²) in [6, 6.07) is 0. The second kappa shape index (κ2) is 2.85. The Morgan fingerprint density at radius 2 is 2.45 bits per heavy atom. The normalized spacial score (nSPS) is 27.6. The molecule has 2 fully saturated rings. The van der Waals surface area contributed by atoms with E-state index in [4.69, 9.17) is 0 Å². The number of carbonyl (C=O) groups is 1. The first-order valence-electron chi connectivity index (χ1n) is 3.82. The van der Waals surface area contributed by atoms with Crippen LogP contribution >= 0.6 is 11.8 Å². The molecule has 60 valence electrons. The number of thioether (sulfide) groups is 1. The highest BCUT2D eigenvalue weighted by Crippen LogP contribution is 2.29. The Kier molecular flexibility index (Phi) is 1.85. The molecule has 0 aromatic heterocycles. The minimum atomic E-state index is 0.0412. The fourth-order valence-electron chi connectivity index (χ4n) is 0.949. The van der Waals surface area contributed by atoms with Crippen LogP contribution in [0.25, 0.3) is 0 Å². The Morgan fingerprint density at radius 1 is 1.64 bits per heavy atom. The third-order valence-electron chi connectivity index (χ3n) is 1.82. The standard InChI is InChI=1S/C7H10N2OS/c10-7-9-6(4-11-7)8-3-5-1-2-5/h5H,1-4H2,(H,8,9,10). The van der Waals surface area contributed by atoms with E-state index < -0.39 is 0 Å². The topological polar surface area (TPSA) is 41.5 Å². The molecule has 1 amide bonds. The summed E-state index contributed by atoms with van der Waals surface area (Å²) in [6.07, 6.45) is 2.63. The van der Waals surface area contributed by atoms with E-state index in [0.717, 1.165) is 24.1 Å². The molecule has 1 saturated carbocycles. The monoisotopic (exact) mass is 170 g/mol. The quantitative estimate of drug-likeness (QED) is 0.677. The maximum atomic E-state index is 10.7. The minimum absolute atomic E-state index is 0.0412. The molecule has 0 atom stereocenters. The van der Waals surface area contributed by atoms with Crippen molar-refractivity contribution in [3.05, 3.63) is 0 Å². The van der Waals surface area contributed by atoms with Crippen LogP contribution in [0.2, 0.25) is 0 Å². The third kappa shape index (κ3) is 1.96. The van der Waals surface area contributed by atoms with Crippen LogP contribution in [0.15, 0.2) is 4.99 Å². The van der Waals surface area contributed by atoms with Crippen molar-refractivity contribution >= 4 is 22.8 Å². The van der Waals surface area contributed by atoms with Gasteiger partial charge in [-0.1, -0.05) is 11.8 Å². The number of hydrogen-bond acceptors (Lipinski definition) is 3. The number of rotatable bonds is 2. The lowest BCUT2D eigenvalue weighted by molar-refractivity contribution is 0.265. The van der Waals surface area contributed by atoms with Gasteiger partial charge in [0, 0.05) is 6.54 Å². The predicted molar refractivity (Wildman–Crippen MR) is 46.0 cm³/mol. The average Bonchev–Trinajstić information content (AvgIpc) is 2.72. The summed E-state index contributed by atoms with van der Waals surface area (Å²) < 4.78 is 0. The van der Waals surface area contributed by atoms with Gasteiger partial charge in [-0.05, 0) is 18.8 Å². The van der Waals surface area contributed by atoms with Crippen molar-refractivity contribution in [2.24, 2.45) is 10.9 Å². The van der Waals surface area contributed by atoms with Gasteiger partial charge in [0.2, 0.25) is 0 Å². The molecule has 2 rings (SSSR count). The summed E-state index contributed by atoms with van der Waals surface area (Å²) in [5, 5.41) is 2.75. The zero-order valence-corrected chi connectivity index (χ0v) is 6.99. The maximum absolute atomic E-state index is 10.7. The van der Waals surface area contributed by atoms with Gasteiger partial charge in [0.15, 0.2) is 0 Å². The number of amides is 1. The predicted octanol–water partition coefficient (Wildman–Crippen LogP) is 1.25. The fraction of sp³-hybridized carbons (Fsp3) is 0.714. The number of nitrogens with zero attached hydrogens (tertiary/aromatic N) is 1. The van der Waals surface area contributed by atoms with Crippen molar-refractivity contribution in [1.29, 1.82) is 0 Å². The summed E-state index contributed by atoms with van der Waals surface area (Å²) in [5.74, 6) is 2.42. The maximum Gasteiger partial charge on any atom is 0.284 e. The Hall–Kier alpha value is -0.510. The molecule has 2 aliphatic rings. The van der Waals surface area contributed by atoms with E-state index >= 15 is 0 Å². The lowest BCUT2D eigenvalue weighted by Crippen LogP contribution is -2.20. The number of aliphatic imine (C=N–C) groups is 1. The summed E-state index contributed by atoms with van der Waals surface area (Å²) >= 11 is 1.30. The van der Waals surface area contributed by atoms with Crippen LogP contribution in [0.1, 0.15) is 12.8 Å². The van der Waals surface area contributed by atoms with Crippen molar-refractivity contribution in [2.75, 3.05) is 12.3 Å². The van der Waals surface area contributed by atoms with Crippen molar-refractivity contribution in [1.82, 2.24) is 5.32 Å². The molecule has 0 radical (unpaired) electrons. The van der Waals surface area contributed by atoms with Gasteiger partial charge < -0.3 is 5.32 Å². The number of amidine groups is 1. The van der Waals surface area contributed by atoms with E-state index in [2.05, 4.69) is 10.3 Å². The molecule has 0 spiro atoms. The van der Waals surface area contributed by atoms with Crippen LogP contribution in [0.4, 0.5) is 4.79 Å². The first kappa shape index (κ1) is 7.16. The molecule has 1 aliphatic heterocycles. The second-order valence-electron chi connectivity index (χ2n) is 2.93. The second-order valence-corrected chi connectivity index (χ2v) is 3.88. The lowest BCUT2D eigenvalue weighted by atomic mass is 10.4. The summed E-state index contributed by atoms with van der Waals surface area (Å²) in [5.41, 5.74) is 0. The van der Waals surface area contributed by atoms with Crippen molar-refractivity contribution < 1.29 is 4.79 Å². The van der Waals surface area contributed by atoms with Crippen LogP contribution in [0.5, 0.6) is 0 Å². The van der Waals surface area contributed by atoms with E-state index in [9.17, 15) is 4.79 Å². The van der Waals surface area contributed by atoms with Crippen LogP contribution in [0, 0.1) is 5.92 Å². The highest BCUT2D eigenvalue weighted by atomic mass is 32.2. The molecule has 1 saturated heterocycles. The zero-order chi connectivity index (χ0) is 7.68. The molecule has 3 nitrogen and oxygen atoms in total. The summed E-state index contributed by atoms with van der Waals surface area (Å²) in [6.45, 7) is 0.913. The van der Waals surface area contributed by atoms with Gasteiger partial charge in [-0.2, -0.15) is 0 Å². The molecule has 1 heterocycles. The van der Waals surface area contributed by atoms with Crippen molar-refractivity contribution in [2.45, 2.75) is 12.8 Å². The summed E-state index contributed by atoms with van der Waals surface area (Å²) in [4.78, 5) is 15.0. The molecule has 0 unspecified atom stereocenters. The molecular weight excluding hydrogens is 160 g/mol. The van der Waals surface area contributed by atoms with Crippen LogP contribution in [0.3, 0.4) is 0 Å². The Labute approximate surface area is 69.6 Å². The number of nitrogens with one attached hydrogen (secondary N) is 1. The van der Waals surface area contributed by atoms with Gasteiger partial charge in [0.05, 0.1) is 5.75 Å². The average molecular weight is 170 g/mol. The van der Waals surface area contributed by atoms with Gasteiger partial charge >= 0.3 is 0 Å². The highest BCUT2D eigenvalue weighted by Gasteiger charge is 2.22. The van der Waals surface area contributed by atoms with Gasteiger partial charge in [-0.3, -0.25) is 9.79 Å². The summed E-state index contributed by atoms with van der Waals surface area (Å²) in [7, 11) is 0. The Bertz CT molecular complexity index is 210. The SMILES string of the molecule is O=C1NC(=NCC2CC2)CS1. The van der Waals surface area contributed by atoms with Gasteiger partial charge in [-0.15, -0.1) is 0 Å². The molecule has 0 aromatic rings. The lowest BCUT2D eigenvalue weighted by Gasteiger charge is -1.93. The number of hydrogen-bond donors (Lipinski definition) is 1. The van der Waals surface area contributed by atoms with Gasteiger partial charge in [-0.25, -0.2) is 0 Å². The van der Waals surface area contributed by atoms with E-state index in [0.29, 0.717) is 0 Å². The Balaban J connectivity index is 1.83. The zero-order valence-electron chi connectivity index (χ0n) is 6.17. The van der Waals surface area contributed by atoms with Gasteiger partial charge in [0.25, 0.3) is 5.24 Å². The molecule has 11 heavy (non-hydrogen) atoms. The first-order valence-corrected chi connectivity index (χ1v) is 4.80. The first-order chi connectivity index (χ1) is 5.34. The molecule has 0 bridgehead atoms. The Morgan fingerprint density at radius 3 is 3.00 bits per heavy atom. The van der Waals surface area contributed by atoms with Crippen molar-refractivity contribution in [3.8, 4) is 0 Å². The largest absolute Gasteiger partial charge is 0.305 e.